The molecule has 2 atom stereocenters. The van der Waals surface area contributed by atoms with Gasteiger partial charge in [-0.2, -0.15) is 18.4 Å². The molecule has 2 aromatic heterocycles. The van der Waals surface area contributed by atoms with E-state index >= 15 is 0 Å². The van der Waals surface area contributed by atoms with Gasteiger partial charge in [0.2, 0.25) is 0 Å². The van der Waals surface area contributed by atoms with E-state index in [4.69, 9.17) is 14.2 Å². The molecular weight excluding hydrogens is 455 g/mol. The molecule has 0 radical (unpaired) electrons. The zero-order valence-electron chi connectivity index (χ0n) is 18.0. The van der Waals surface area contributed by atoms with Gasteiger partial charge in [-0.1, -0.05) is 18.2 Å². The first-order valence-electron chi connectivity index (χ1n) is 9.98. The Bertz CT molecular complexity index is 1240. The molecule has 0 bridgehead atoms. The van der Waals surface area contributed by atoms with Crippen molar-refractivity contribution in [1.82, 2.24) is 9.55 Å². The summed E-state index contributed by atoms with van der Waals surface area (Å²) in [6.07, 6.45) is -1.76. The van der Waals surface area contributed by atoms with E-state index in [0.717, 1.165) is 17.5 Å². The summed E-state index contributed by atoms with van der Waals surface area (Å²) in [5.74, 6) is 0.886. The average molecular weight is 475 g/mol. The maximum Gasteiger partial charge on any atom is 0.416 e. The third kappa shape index (κ3) is 4.34. The highest BCUT2D eigenvalue weighted by Crippen LogP contribution is 2.39. The van der Waals surface area contributed by atoms with Crippen molar-refractivity contribution in [2.45, 2.75) is 31.7 Å². The predicted octanol–water partition coefficient (Wildman–Crippen LogP) is 5.52. The van der Waals surface area contributed by atoms with Crippen LogP contribution in [0.15, 0.2) is 42.4 Å². The van der Waals surface area contributed by atoms with Crippen molar-refractivity contribution < 1.29 is 27.4 Å². The van der Waals surface area contributed by atoms with Gasteiger partial charge in [0.25, 0.3) is 0 Å². The van der Waals surface area contributed by atoms with Crippen LogP contribution in [0.5, 0.6) is 5.75 Å². The number of fused-ring (bicyclic) bond motifs is 1. The van der Waals surface area contributed by atoms with Crippen molar-refractivity contribution >= 4 is 17.4 Å². The molecule has 10 heteroatoms. The highest BCUT2D eigenvalue weighted by Gasteiger charge is 2.35. The number of nitrogens with zero attached hydrogens (tertiary/aromatic N) is 3. The molecular formula is C23H20F3N3O3S. The summed E-state index contributed by atoms with van der Waals surface area (Å²) < 4.78 is 58.8. The Hall–Kier alpha value is -3.29. The zero-order valence-corrected chi connectivity index (χ0v) is 18.8. The Morgan fingerprint density at radius 1 is 1.27 bits per heavy atom. The van der Waals surface area contributed by atoms with E-state index in [1.165, 1.54) is 36.5 Å². The predicted molar refractivity (Wildman–Crippen MR) is 116 cm³/mol. The van der Waals surface area contributed by atoms with Crippen molar-refractivity contribution in [1.29, 1.82) is 5.26 Å². The Balaban J connectivity index is 1.67. The number of hydrogen-bond donors (Lipinski definition) is 0. The second-order valence-electron chi connectivity index (χ2n) is 7.36. The molecule has 1 aliphatic rings. The largest absolute Gasteiger partial charge is 0.498 e. The number of nitriles is 1. The van der Waals surface area contributed by atoms with Crippen molar-refractivity contribution in [3.63, 3.8) is 0 Å². The maximum atomic E-state index is 13.4. The van der Waals surface area contributed by atoms with Crippen LogP contribution in [0, 0.1) is 11.3 Å². The van der Waals surface area contributed by atoms with E-state index in [1.807, 2.05) is 4.57 Å². The van der Waals surface area contributed by atoms with E-state index in [0.29, 0.717) is 17.2 Å². The minimum atomic E-state index is -4.51. The van der Waals surface area contributed by atoms with Gasteiger partial charge in [0.1, 0.15) is 40.2 Å². The third-order valence-corrected chi connectivity index (χ3v) is 6.45. The lowest BCUT2D eigenvalue weighted by Gasteiger charge is -2.22. The van der Waals surface area contributed by atoms with Crippen molar-refractivity contribution in [2.24, 2.45) is 0 Å². The number of halogens is 3. The molecule has 33 heavy (non-hydrogen) atoms. The van der Waals surface area contributed by atoms with Gasteiger partial charge < -0.3 is 14.2 Å². The van der Waals surface area contributed by atoms with Crippen LogP contribution in [-0.4, -0.2) is 29.9 Å². The summed E-state index contributed by atoms with van der Waals surface area (Å²) >= 11 is 1.17. The highest BCUT2D eigenvalue weighted by atomic mass is 32.1. The van der Waals surface area contributed by atoms with E-state index in [9.17, 15) is 18.4 Å². The topological polar surface area (TPSA) is 69.3 Å². The SMILES string of the molecule is COC1=Cc2ncn(-c3cc(O[C@H](C)c4ccccc4C(F)(F)F)c(C#N)s3)c2CC1OC. The van der Waals surface area contributed by atoms with Gasteiger partial charge in [-0.15, -0.1) is 11.3 Å². The lowest BCUT2D eigenvalue weighted by Crippen LogP contribution is -2.23. The zero-order chi connectivity index (χ0) is 23.8. The maximum absolute atomic E-state index is 13.4. The lowest BCUT2D eigenvalue weighted by atomic mass is 10.0. The Labute approximate surface area is 192 Å². The second-order valence-corrected chi connectivity index (χ2v) is 8.39. The molecule has 0 spiro atoms. The summed E-state index contributed by atoms with van der Waals surface area (Å²) in [7, 11) is 3.16. The Kier molecular flexibility index (Phi) is 6.19. The summed E-state index contributed by atoms with van der Waals surface area (Å²) in [4.78, 5) is 4.68. The number of alkyl halides is 3. The van der Waals surface area contributed by atoms with Crippen LogP contribution in [0.1, 0.15) is 40.4 Å². The molecule has 3 aromatic rings. The van der Waals surface area contributed by atoms with E-state index in [-0.39, 0.29) is 22.3 Å². The molecule has 1 unspecified atom stereocenters. The minimum Gasteiger partial charge on any atom is -0.498 e. The summed E-state index contributed by atoms with van der Waals surface area (Å²) in [6, 6.07) is 8.99. The summed E-state index contributed by atoms with van der Waals surface area (Å²) in [5, 5.41) is 10.3. The second kappa shape index (κ2) is 8.92. The number of ether oxygens (including phenoxy) is 3. The van der Waals surface area contributed by atoms with Gasteiger partial charge in [-0.05, 0) is 13.0 Å². The fourth-order valence-corrected chi connectivity index (χ4v) is 4.69. The standard InChI is InChI=1S/C23H20F3N3O3S/c1-13(14-6-4-5-7-15(14)23(24,25)26)32-20-10-22(33-21(20)11-27)29-12-28-16-8-18(30-2)19(31-3)9-17(16)29/h4-8,10,12-13,19H,9H2,1-3H3/t13-,19?/m1/s1. The third-order valence-electron chi connectivity index (χ3n) is 5.43. The fraction of sp³-hybridized carbons (Fsp3) is 0.304. The van der Waals surface area contributed by atoms with Crippen LogP contribution < -0.4 is 4.74 Å². The molecule has 4 rings (SSSR count). The molecule has 0 aliphatic heterocycles. The fourth-order valence-electron chi connectivity index (χ4n) is 3.80. The van der Waals surface area contributed by atoms with Crippen LogP contribution >= 0.6 is 11.3 Å². The molecule has 0 saturated carbocycles. The molecule has 0 amide bonds. The molecule has 0 fully saturated rings. The van der Waals surface area contributed by atoms with Crippen LogP contribution in [-0.2, 0) is 22.1 Å². The van der Waals surface area contributed by atoms with Gasteiger partial charge in [-0.3, -0.25) is 4.57 Å². The molecule has 172 valence electrons. The van der Waals surface area contributed by atoms with Crippen LogP contribution in [0.4, 0.5) is 13.2 Å². The van der Waals surface area contributed by atoms with Crippen molar-refractivity contribution in [3.8, 4) is 16.8 Å². The smallest absolute Gasteiger partial charge is 0.416 e. The molecule has 6 nitrogen and oxygen atoms in total. The quantitative estimate of drug-likeness (QED) is 0.469. The first-order valence-corrected chi connectivity index (χ1v) is 10.8. The van der Waals surface area contributed by atoms with Gasteiger partial charge in [0.15, 0.2) is 5.75 Å². The lowest BCUT2D eigenvalue weighted by molar-refractivity contribution is -0.138. The first-order chi connectivity index (χ1) is 15.8. The molecule has 1 aliphatic carbocycles. The first kappa shape index (κ1) is 22.9. The molecule has 0 N–H and O–H groups in total. The normalized spacial score (nSPS) is 16.5. The number of aromatic nitrogens is 2. The number of benzene rings is 1. The Morgan fingerprint density at radius 2 is 2.03 bits per heavy atom. The van der Waals surface area contributed by atoms with Gasteiger partial charge in [0.05, 0.1) is 24.1 Å². The summed E-state index contributed by atoms with van der Waals surface area (Å²) in [6.45, 7) is 1.53. The molecule has 2 heterocycles. The van der Waals surface area contributed by atoms with Gasteiger partial charge in [0, 0.05) is 31.2 Å². The summed E-state index contributed by atoms with van der Waals surface area (Å²) in [5.41, 5.74) is 0.834. The average Bonchev–Trinajstić information content (AvgIpc) is 3.40. The number of rotatable bonds is 6. The van der Waals surface area contributed by atoms with E-state index < -0.39 is 17.8 Å². The van der Waals surface area contributed by atoms with E-state index in [2.05, 4.69) is 11.1 Å². The molecule has 1 aromatic carbocycles. The van der Waals surface area contributed by atoms with Gasteiger partial charge >= 0.3 is 6.18 Å². The minimum absolute atomic E-state index is 0.00168. The van der Waals surface area contributed by atoms with Gasteiger partial charge in [-0.25, -0.2) is 4.98 Å². The number of methoxy groups -OCH3 is 2. The van der Waals surface area contributed by atoms with Crippen molar-refractivity contribution in [3.05, 3.63) is 69.8 Å². The highest BCUT2D eigenvalue weighted by molar-refractivity contribution is 7.15. The van der Waals surface area contributed by atoms with Crippen LogP contribution in [0.3, 0.4) is 0 Å². The number of imidazole rings is 1. The van der Waals surface area contributed by atoms with Crippen molar-refractivity contribution in [2.75, 3.05) is 14.2 Å². The monoisotopic (exact) mass is 475 g/mol. The van der Waals surface area contributed by atoms with Crippen LogP contribution in [0.2, 0.25) is 0 Å². The van der Waals surface area contributed by atoms with E-state index in [1.54, 1.807) is 32.7 Å². The molecule has 0 saturated heterocycles. The van der Waals surface area contributed by atoms with Crippen LogP contribution in [0.25, 0.3) is 11.1 Å². The number of hydrogen-bond acceptors (Lipinski definition) is 6. The Morgan fingerprint density at radius 3 is 2.70 bits per heavy atom. The number of thiophene rings is 1.